The number of phenolic OH excluding ortho intramolecular Hbond substituents is 1. The molecule has 0 amide bonds. The average Bonchev–Trinajstić information content (AvgIpc) is 2.05. The molecule has 0 unspecified atom stereocenters. The van der Waals surface area contributed by atoms with Crippen LogP contribution < -0.4 is 0 Å². The van der Waals surface area contributed by atoms with Gasteiger partial charge in [0, 0.05) is 5.56 Å². The topological polar surface area (TPSA) is 37.3 Å². The number of thiol groups is 1. The fourth-order valence-corrected chi connectivity index (χ4v) is 0.921. The van der Waals surface area contributed by atoms with Gasteiger partial charge in [0.25, 0.3) is 0 Å². The molecule has 1 rings (SSSR count). The highest BCUT2D eigenvalue weighted by molar-refractivity contribution is 7.81. The molecule has 1 aromatic carbocycles. The van der Waals surface area contributed by atoms with Gasteiger partial charge in [-0.1, -0.05) is 0 Å². The van der Waals surface area contributed by atoms with E-state index in [1.807, 2.05) is 0 Å². The summed E-state index contributed by atoms with van der Waals surface area (Å²) >= 11 is 3.84. The third-order valence-corrected chi connectivity index (χ3v) is 1.62. The summed E-state index contributed by atoms with van der Waals surface area (Å²) in [6.07, 6.45) is 0. The molecule has 2 nitrogen and oxygen atoms in total. The first-order valence-electron chi connectivity index (χ1n) is 3.17. The lowest BCUT2D eigenvalue weighted by molar-refractivity contribution is 0.102. The molecule has 0 aliphatic rings. The number of aromatic hydroxyl groups is 1. The first-order valence-corrected chi connectivity index (χ1v) is 3.80. The van der Waals surface area contributed by atoms with Crippen LogP contribution in [0.25, 0.3) is 0 Å². The van der Waals surface area contributed by atoms with Gasteiger partial charge in [0.2, 0.25) is 0 Å². The summed E-state index contributed by atoms with van der Waals surface area (Å²) in [5.41, 5.74) is 0.581. The number of Topliss-reactive ketones (excluding diaryl/α,β-unsaturated/α-hetero) is 1. The Labute approximate surface area is 70.3 Å². The fourth-order valence-electron chi connectivity index (χ4n) is 0.739. The van der Waals surface area contributed by atoms with Crippen LogP contribution in [0.1, 0.15) is 10.4 Å². The number of ketones is 1. The monoisotopic (exact) mass is 168 g/mol. The molecule has 0 heterocycles. The van der Waals surface area contributed by atoms with Gasteiger partial charge in [-0.3, -0.25) is 4.79 Å². The fraction of sp³-hybridized carbons (Fsp3) is 0.125. The first-order chi connectivity index (χ1) is 5.24. The van der Waals surface area contributed by atoms with E-state index >= 15 is 0 Å². The van der Waals surface area contributed by atoms with Crippen molar-refractivity contribution in [2.75, 3.05) is 5.75 Å². The molecule has 58 valence electrons. The minimum atomic E-state index is -0.0340. The maximum atomic E-state index is 11.0. The normalized spacial score (nSPS) is 9.55. The molecule has 0 bridgehead atoms. The zero-order valence-corrected chi connectivity index (χ0v) is 6.71. The van der Waals surface area contributed by atoms with Crippen LogP contribution in [0, 0.1) is 0 Å². The highest BCUT2D eigenvalue weighted by atomic mass is 32.1. The van der Waals surface area contributed by atoms with Crippen LogP contribution in [0.3, 0.4) is 0 Å². The van der Waals surface area contributed by atoms with Gasteiger partial charge in [-0.25, -0.2) is 0 Å². The molecule has 0 aliphatic carbocycles. The van der Waals surface area contributed by atoms with Gasteiger partial charge >= 0.3 is 0 Å². The molecule has 0 fully saturated rings. The lowest BCUT2D eigenvalue weighted by Crippen LogP contribution is -1.98. The lowest BCUT2D eigenvalue weighted by Gasteiger charge is -1.95. The van der Waals surface area contributed by atoms with E-state index in [1.54, 1.807) is 12.1 Å². The molecule has 0 aliphatic heterocycles. The maximum Gasteiger partial charge on any atom is 0.172 e. The number of rotatable bonds is 2. The highest BCUT2D eigenvalue weighted by Gasteiger charge is 2.01. The second kappa shape index (κ2) is 3.44. The van der Waals surface area contributed by atoms with Crippen LogP contribution in [-0.2, 0) is 0 Å². The van der Waals surface area contributed by atoms with Gasteiger partial charge in [0.05, 0.1) is 5.75 Å². The number of carbonyl (C=O) groups excluding carboxylic acids is 1. The Balaban J connectivity index is 2.90. The molecular weight excluding hydrogens is 160 g/mol. The third-order valence-electron chi connectivity index (χ3n) is 1.33. The van der Waals surface area contributed by atoms with Crippen LogP contribution in [0.5, 0.6) is 5.75 Å². The number of hydrogen-bond acceptors (Lipinski definition) is 3. The largest absolute Gasteiger partial charge is 0.508 e. The van der Waals surface area contributed by atoms with Gasteiger partial charge in [-0.05, 0) is 24.3 Å². The van der Waals surface area contributed by atoms with Gasteiger partial charge in [-0.2, -0.15) is 12.6 Å². The van der Waals surface area contributed by atoms with Crippen molar-refractivity contribution < 1.29 is 9.90 Å². The molecule has 3 heteroatoms. The molecule has 0 radical (unpaired) electrons. The molecule has 0 saturated heterocycles. The van der Waals surface area contributed by atoms with Crippen molar-refractivity contribution >= 4 is 18.4 Å². The Kier molecular flexibility index (Phi) is 2.54. The SMILES string of the molecule is O=C(CS)c1ccc(O)cc1. The molecule has 1 N–H and O–H groups in total. The molecule has 0 aromatic heterocycles. The van der Waals surface area contributed by atoms with Crippen LogP contribution in [-0.4, -0.2) is 16.6 Å². The predicted molar refractivity (Wildman–Crippen MR) is 46.3 cm³/mol. The van der Waals surface area contributed by atoms with E-state index in [1.165, 1.54) is 12.1 Å². The predicted octanol–water partition coefficient (Wildman–Crippen LogP) is 1.50. The van der Waals surface area contributed by atoms with E-state index in [0.29, 0.717) is 5.56 Å². The van der Waals surface area contributed by atoms with Gasteiger partial charge in [0.15, 0.2) is 5.78 Å². The van der Waals surface area contributed by atoms with E-state index < -0.39 is 0 Å². The van der Waals surface area contributed by atoms with Crippen molar-refractivity contribution in [2.24, 2.45) is 0 Å². The number of benzene rings is 1. The molecule has 11 heavy (non-hydrogen) atoms. The van der Waals surface area contributed by atoms with Crippen LogP contribution >= 0.6 is 12.6 Å². The summed E-state index contributed by atoms with van der Waals surface area (Å²) < 4.78 is 0. The zero-order valence-electron chi connectivity index (χ0n) is 5.82. The Morgan fingerprint density at radius 1 is 1.36 bits per heavy atom. The van der Waals surface area contributed by atoms with Crippen molar-refractivity contribution in [2.45, 2.75) is 0 Å². The zero-order chi connectivity index (χ0) is 8.27. The van der Waals surface area contributed by atoms with Crippen LogP contribution in [0.2, 0.25) is 0 Å². The molecule has 0 saturated carbocycles. The van der Waals surface area contributed by atoms with E-state index in [-0.39, 0.29) is 17.3 Å². The van der Waals surface area contributed by atoms with Crippen LogP contribution in [0.4, 0.5) is 0 Å². The number of carbonyl (C=O) groups is 1. The molecule has 0 atom stereocenters. The Bertz CT molecular complexity index is 253. The van der Waals surface area contributed by atoms with Crippen molar-refractivity contribution in [1.82, 2.24) is 0 Å². The van der Waals surface area contributed by atoms with Gasteiger partial charge in [0.1, 0.15) is 5.75 Å². The van der Waals surface area contributed by atoms with E-state index in [0.717, 1.165) is 0 Å². The quantitative estimate of drug-likeness (QED) is 0.518. The van der Waals surface area contributed by atoms with Crippen molar-refractivity contribution in [3.8, 4) is 5.75 Å². The second-order valence-electron chi connectivity index (χ2n) is 2.13. The highest BCUT2D eigenvalue weighted by Crippen LogP contribution is 2.10. The van der Waals surface area contributed by atoms with Crippen molar-refractivity contribution in [1.29, 1.82) is 0 Å². The van der Waals surface area contributed by atoms with E-state index in [4.69, 9.17) is 5.11 Å². The lowest BCUT2D eigenvalue weighted by atomic mass is 10.1. The summed E-state index contributed by atoms with van der Waals surface area (Å²) in [6.45, 7) is 0. The first kappa shape index (κ1) is 8.14. The number of hydrogen-bond donors (Lipinski definition) is 2. The third kappa shape index (κ3) is 1.98. The smallest absolute Gasteiger partial charge is 0.172 e. The van der Waals surface area contributed by atoms with Crippen molar-refractivity contribution in [3.05, 3.63) is 29.8 Å². The minimum Gasteiger partial charge on any atom is -0.508 e. The average molecular weight is 168 g/mol. The summed E-state index contributed by atoms with van der Waals surface area (Å²) in [5, 5.41) is 8.88. The summed E-state index contributed by atoms with van der Waals surface area (Å²) in [7, 11) is 0. The Hall–Kier alpha value is -0.960. The standard InChI is InChI=1S/C8H8O2S/c9-7-3-1-6(2-4-7)8(10)5-11/h1-4,9,11H,5H2. The Morgan fingerprint density at radius 2 is 1.91 bits per heavy atom. The minimum absolute atomic E-state index is 0.0340. The molecular formula is C8H8O2S. The van der Waals surface area contributed by atoms with E-state index in [9.17, 15) is 4.79 Å². The van der Waals surface area contributed by atoms with Crippen LogP contribution in [0.15, 0.2) is 24.3 Å². The molecule has 0 spiro atoms. The number of phenols is 1. The Morgan fingerprint density at radius 3 is 2.36 bits per heavy atom. The second-order valence-corrected chi connectivity index (χ2v) is 2.44. The summed E-state index contributed by atoms with van der Waals surface area (Å²) in [4.78, 5) is 11.0. The summed E-state index contributed by atoms with van der Waals surface area (Å²) in [5.74, 6) is 0.333. The van der Waals surface area contributed by atoms with Gasteiger partial charge in [-0.15, -0.1) is 0 Å². The van der Waals surface area contributed by atoms with Gasteiger partial charge < -0.3 is 5.11 Å². The van der Waals surface area contributed by atoms with Crippen molar-refractivity contribution in [3.63, 3.8) is 0 Å². The van der Waals surface area contributed by atoms with E-state index in [2.05, 4.69) is 12.6 Å². The molecule has 1 aromatic rings. The summed E-state index contributed by atoms with van der Waals surface area (Å²) in [6, 6.07) is 6.12. The maximum absolute atomic E-state index is 11.0.